The van der Waals surface area contributed by atoms with Crippen molar-refractivity contribution >= 4 is 21.9 Å². The van der Waals surface area contributed by atoms with Gasteiger partial charge in [-0.15, -0.1) is 0 Å². The number of hydrogen-bond acceptors (Lipinski definition) is 1. The average molecular weight is 311 g/mol. The summed E-state index contributed by atoms with van der Waals surface area (Å²) in [6.07, 6.45) is -4.29. The van der Waals surface area contributed by atoms with Crippen molar-refractivity contribution in [3.05, 3.63) is 33.8 Å². The van der Waals surface area contributed by atoms with Crippen LogP contribution in [0.2, 0.25) is 0 Å². The van der Waals surface area contributed by atoms with Crippen LogP contribution in [0.5, 0.6) is 0 Å². The largest absolute Gasteiger partial charge is 0.481 e. The lowest BCUT2D eigenvalue weighted by Crippen LogP contribution is -2.10. The second-order valence-electron chi connectivity index (χ2n) is 3.51. The third-order valence-electron chi connectivity index (χ3n) is 2.24. The van der Waals surface area contributed by atoms with E-state index in [4.69, 9.17) is 5.11 Å². The van der Waals surface area contributed by atoms with Crippen molar-refractivity contribution in [3.63, 3.8) is 0 Å². The molecule has 0 atom stereocenters. The molecule has 0 aromatic heterocycles. The number of rotatable bonds is 4. The fraction of sp³-hybridized carbons (Fsp3) is 0.364. The zero-order chi connectivity index (χ0) is 13.1. The Bertz CT molecular complexity index is 416. The smallest absolute Gasteiger partial charge is 0.416 e. The summed E-state index contributed by atoms with van der Waals surface area (Å²) in [4.78, 5) is 10.3. The van der Waals surface area contributed by atoms with Crippen molar-refractivity contribution in [2.24, 2.45) is 0 Å². The van der Waals surface area contributed by atoms with E-state index in [1.54, 1.807) is 0 Å². The highest BCUT2D eigenvalue weighted by Gasteiger charge is 2.33. The van der Waals surface area contributed by atoms with E-state index in [-0.39, 0.29) is 24.8 Å². The quantitative estimate of drug-likeness (QED) is 0.916. The summed E-state index contributed by atoms with van der Waals surface area (Å²) in [5.74, 6) is -1.01. The van der Waals surface area contributed by atoms with Gasteiger partial charge in [-0.2, -0.15) is 13.2 Å². The Morgan fingerprint density at radius 2 is 2.00 bits per heavy atom. The van der Waals surface area contributed by atoms with Crippen molar-refractivity contribution in [2.45, 2.75) is 25.4 Å². The normalized spacial score (nSPS) is 11.5. The van der Waals surface area contributed by atoms with Crippen LogP contribution in [0.25, 0.3) is 0 Å². The highest BCUT2D eigenvalue weighted by atomic mass is 79.9. The summed E-state index contributed by atoms with van der Waals surface area (Å²) >= 11 is 3.06. The van der Waals surface area contributed by atoms with Crippen LogP contribution in [0.1, 0.15) is 24.0 Å². The molecule has 0 aliphatic carbocycles. The SMILES string of the molecule is O=C(O)CCCc1c(Br)cccc1C(F)(F)F. The minimum atomic E-state index is -4.41. The molecule has 0 unspecified atom stereocenters. The maximum atomic E-state index is 12.7. The number of aliphatic carboxylic acids is 1. The first-order valence-corrected chi connectivity index (χ1v) is 5.68. The van der Waals surface area contributed by atoms with Gasteiger partial charge in [-0.25, -0.2) is 0 Å². The summed E-state index contributed by atoms with van der Waals surface area (Å²) in [5, 5.41) is 8.46. The van der Waals surface area contributed by atoms with Crippen molar-refractivity contribution in [3.8, 4) is 0 Å². The lowest BCUT2D eigenvalue weighted by Gasteiger charge is -2.13. The monoisotopic (exact) mass is 310 g/mol. The highest BCUT2D eigenvalue weighted by Crippen LogP contribution is 2.35. The van der Waals surface area contributed by atoms with Crippen LogP contribution in [0, 0.1) is 0 Å². The Morgan fingerprint density at radius 1 is 1.35 bits per heavy atom. The Hall–Kier alpha value is -1.04. The fourth-order valence-electron chi connectivity index (χ4n) is 1.49. The minimum absolute atomic E-state index is 0.0859. The van der Waals surface area contributed by atoms with Crippen LogP contribution >= 0.6 is 15.9 Å². The van der Waals surface area contributed by atoms with Gasteiger partial charge < -0.3 is 5.11 Å². The summed E-state index contributed by atoms with van der Waals surface area (Å²) < 4.78 is 38.4. The first-order valence-electron chi connectivity index (χ1n) is 4.88. The zero-order valence-electron chi connectivity index (χ0n) is 8.72. The lowest BCUT2D eigenvalue weighted by atomic mass is 10.0. The summed E-state index contributed by atoms with van der Waals surface area (Å²) in [6.45, 7) is 0. The first-order chi connectivity index (χ1) is 7.82. The summed E-state index contributed by atoms with van der Waals surface area (Å²) in [5.41, 5.74) is -0.599. The Morgan fingerprint density at radius 3 is 2.53 bits per heavy atom. The lowest BCUT2D eigenvalue weighted by molar-refractivity contribution is -0.138. The van der Waals surface area contributed by atoms with Crippen molar-refractivity contribution in [1.29, 1.82) is 0 Å². The zero-order valence-corrected chi connectivity index (χ0v) is 10.3. The van der Waals surface area contributed by atoms with Gasteiger partial charge in [0.15, 0.2) is 0 Å². The predicted molar refractivity (Wildman–Crippen MR) is 59.7 cm³/mol. The third-order valence-corrected chi connectivity index (χ3v) is 2.98. The van der Waals surface area contributed by atoms with Crippen molar-refractivity contribution < 1.29 is 23.1 Å². The summed E-state index contributed by atoms with van der Waals surface area (Å²) in [7, 11) is 0. The van der Waals surface area contributed by atoms with Crippen LogP contribution in [-0.4, -0.2) is 11.1 Å². The molecule has 17 heavy (non-hydrogen) atoms. The van der Waals surface area contributed by atoms with Crippen LogP contribution in [0.3, 0.4) is 0 Å². The Kier molecular flexibility index (Phi) is 4.56. The first kappa shape index (κ1) is 14.0. The average Bonchev–Trinajstić information content (AvgIpc) is 2.18. The summed E-state index contributed by atoms with van der Waals surface area (Å²) in [6, 6.07) is 3.83. The van der Waals surface area contributed by atoms with Gasteiger partial charge in [-0.3, -0.25) is 4.79 Å². The molecule has 94 valence electrons. The van der Waals surface area contributed by atoms with Crippen molar-refractivity contribution in [2.75, 3.05) is 0 Å². The van der Waals surface area contributed by atoms with Gasteiger partial charge in [0.25, 0.3) is 0 Å². The molecule has 1 aromatic carbocycles. The molecule has 0 amide bonds. The van der Waals surface area contributed by atoms with E-state index < -0.39 is 17.7 Å². The number of carboxylic acid groups (broad SMARTS) is 1. The third kappa shape index (κ3) is 4.03. The molecule has 0 aliphatic rings. The van der Waals surface area contributed by atoms with Gasteiger partial charge in [0.2, 0.25) is 0 Å². The molecule has 6 heteroatoms. The molecule has 0 aliphatic heterocycles. The van der Waals surface area contributed by atoms with E-state index in [1.807, 2.05) is 0 Å². The van der Waals surface area contributed by atoms with E-state index >= 15 is 0 Å². The number of hydrogen-bond donors (Lipinski definition) is 1. The molecule has 1 rings (SSSR count). The van der Waals surface area contributed by atoms with Gasteiger partial charge in [0.05, 0.1) is 5.56 Å². The van der Waals surface area contributed by atoms with E-state index in [9.17, 15) is 18.0 Å². The molecule has 1 aromatic rings. The van der Waals surface area contributed by atoms with Gasteiger partial charge in [-0.05, 0) is 30.5 Å². The van der Waals surface area contributed by atoms with Gasteiger partial charge in [-0.1, -0.05) is 22.0 Å². The second kappa shape index (κ2) is 5.53. The topological polar surface area (TPSA) is 37.3 Å². The van der Waals surface area contributed by atoms with Gasteiger partial charge in [0.1, 0.15) is 0 Å². The minimum Gasteiger partial charge on any atom is -0.481 e. The maximum absolute atomic E-state index is 12.7. The molecule has 0 fully saturated rings. The molecular weight excluding hydrogens is 301 g/mol. The molecular formula is C11H10BrF3O2. The number of carbonyl (C=O) groups is 1. The molecule has 0 spiro atoms. The Balaban J connectivity index is 2.92. The molecule has 1 N–H and O–H groups in total. The van der Waals surface area contributed by atoms with E-state index in [0.29, 0.717) is 4.47 Å². The molecule has 0 bridgehead atoms. The molecule has 0 saturated carbocycles. The van der Waals surface area contributed by atoms with E-state index in [1.165, 1.54) is 12.1 Å². The number of carboxylic acids is 1. The standard InChI is InChI=1S/C11H10BrF3O2/c12-9-5-2-4-8(11(13,14)15)7(9)3-1-6-10(16)17/h2,4-5H,1,3,6H2,(H,16,17). The van der Waals surface area contributed by atoms with Crippen molar-refractivity contribution in [1.82, 2.24) is 0 Å². The van der Waals surface area contributed by atoms with Crippen LogP contribution in [0.15, 0.2) is 22.7 Å². The molecule has 2 nitrogen and oxygen atoms in total. The molecule has 0 heterocycles. The number of alkyl halides is 3. The fourth-order valence-corrected chi connectivity index (χ4v) is 2.06. The highest BCUT2D eigenvalue weighted by molar-refractivity contribution is 9.10. The number of benzene rings is 1. The van der Waals surface area contributed by atoms with Gasteiger partial charge in [0, 0.05) is 10.9 Å². The van der Waals surface area contributed by atoms with Gasteiger partial charge >= 0.3 is 12.1 Å². The van der Waals surface area contributed by atoms with Crippen LogP contribution in [0.4, 0.5) is 13.2 Å². The van der Waals surface area contributed by atoms with Crippen LogP contribution < -0.4 is 0 Å². The molecule has 0 saturated heterocycles. The Labute approximate surface area is 105 Å². The number of halogens is 4. The van der Waals surface area contributed by atoms with E-state index in [0.717, 1.165) is 6.07 Å². The molecule has 0 radical (unpaired) electrons. The van der Waals surface area contributed by atoms with Crippen LogP contribution in [-0.2, 0) is 17.4 Å². The van der Waals surface area contributed by atoms with E-state index in [2.05, 4.69) is 15.9 Å². The maximum Gasteiger partial charge on any atom is 0.416 e. The predicted octanol–water partition coefficient (Wildman–Crippen LogP) is 3.88. The second-order valence-corrected chi connectivity index (χ2v) is 4.37.